The quantitative estimate of drug-likeness (QED) is 0.322. The zero-order chi connectivity index (χ0) is 24.5. The number of anilines is 1. The standard InChI is InChI=1S/C25H25N3O5S/c1-17-7-9-18(10-8-17)14-26-25(30)20-5-3-4-6-21(20)27-24(29)16-34-15-19-11-12-23(33-2)22(13-19)28(31)32/h3-13H,14-16H2,1-2H3,(H,26,30)(H,27,29). The van der Waals surface area contributed by atoms with Crippen LogP contribution in [0.1, 0.15) is 27.0 Å². The molecule has 0 spiro atoms. The molecular weight excluding hydrogens is 454 g/mol. The number of nitro benzene ring substituents is 1. The summed E-state index contributed by atoms with van der Waals surface area (Å²) in [4.78, 5) is 35.8. The van der Waals surface area contributed by atoms with Gasteiger partial charge in [0, 0.05) is 18.4 Å². The number of methoxy groups -OCH3 is 1. The number of hydrogen-bond donors (Lipinski definition) is 2. The van der Waals surface area contributed by atoms with E-state index in [1.54, 1.807) is 36.4 Å². The van der Waals surface area contributed by atoms with Gasteiger partial charge < -0.3 is 15.4 Å². The summed E-state index contributed by atoms with van der Waals surface area (Å²) in [5.74, 6) is 0.172. The SMILES string of the molecule is COc1ccc(CSCC(=O)Nc2ccccc2C(=O)NCc2ccc(C)cc2)cc1[N+](=O)[O-]. The van der Waals surface area contributed by atoms with Gasteiger partial charge >= 0.3 is 5.69 Å². The molecule has 0 unspecified atom stereocenters. The minimum Gasteiger partial charge on any atom is -0.490 e. The van der Waals surface area contributed by atoms with E-state index in [9.17, 15) is 19.7 Å². The Morgan fingerprint density at radius 1 is 1.03 bits per heavy atom. The number of rotatable bonds is 10. The number of carbonyl (C=O) groups excluding carboxylic acids is 2. The molecule has 3 aromatic rings. The predicted octanol–water partition coefficient (Wildman–Crippen LogP) is 4.71. The second-order valence-electron chi connectivity index (χ2n) is 7.52. The lowest BCUT2D eigenvalue weighted by Crippen LogP contribution is -2.25. The zero-order valence-electron chi connectivity index (χ0n) is 18.9. The summed E-state index contributed by atoms with van der Waals surface area (Å²) in [5.41, 5.74) is 3.52. The summed E-state index contributed by atoms with van der Waals surface area (Å²) in [7, 11) is 1.38. The maximum Gasteiger partial charge on any atom is 0.311 e. The maximum absolute atomic E-state index is 12.7. The summed E-state index contributed by atoms with van der Waals surface area (Å²) in [5, 5.41) is 16.8. The summed E-state index contributed by atoms with van der Waals surface area (Å²) >= 11 is 1.31. The van der Waals surface area contributed by atoms with Gasteiger partial charge in [0.2, 0.25) is 5.91 Å². The maximum atomic E-state index is 12.7. The van der Waals surface area contributed by atoms with Crippen molar-refractivity contribution < 1.29 is 19.2 Å². The van der Waals surface area contributed by atoms with Crippen LogP contribution in [0.3, 0.4) is 0 Å². The van der Waals surface area contributed by atoms with Crippen molar-refractivity contribution >= 4 is 35.0 Å². The molecule has 0 radical (unpaired) electrons. The molecule has 176 valence electrons. The first kappa shape index (κ1) is 24.8. The lowest BCUT2D eigenvalue weighted by molar-refractivity contribution is -0.385. The monoisotopic (exact) mass is 479 g/mol. The number of thioether (sulfide) groups is 1. The molecule has 2 N–H and O–H groups in total. The number of benzene rings is 3. The fourth-order valence-corrected chi connectivity index (χ4v) is 3.96. The Hall–Kier alpha value is -3.85. The number of para-hydroxylation sites is 1. The molecular formula is C25H25N3O5S. The van der Waals surface area contributed by atoms with E-state index in [0.717, 1.165) is 11.1 Å². The van der Waals surface area contributed by atoms with E-state index in [0.29, 0.717) is 29.1 Å². The molecule has 0 heterocycles. The highest BCUT2D eigenvalue weighted by Crippen LogP contribution is 2.29. The van der Waals surface area contributed by atoms with Crippen LogP contribution in [0, 0.1) is 17.0 Å². The van der Waals surface area contributed by atoms with Crippen molar-refractivity contribution in [3.63, 3.8) is 0 Å². The van der Waals surface area contributed by atoms with E-state index >= 15 is 0 Å². The van der Waals surface area contributed by atoms with Gasteiger partial charge in [0.05, 0.1) is 29.0 Å². The molecule has 0 bridgehead atoms. The summed E-state index contributed by atoms with van der Waals surface area (Å²) in [6, 6.07) is 19.4. The number of nitrogens with zero attached hydrogens (tertiary/aromatic N) is 1. The van der Waals surface area contributed by atoms with Gasteiger partial charge in [-0.25, -0.2) is 0 Å². The largest absolute Gasteiger partial charge is 0.490 e. The molecule has 0 atom stereocenters. The number of nitrogens with one attached hydrogen (secondary N) is 2. The molecule has 0 aliphatic heterocycles. The predicted molar refractivity (Wildman–Crippen MR) is 133 cm³/mol. The first-order valence-corrected chi connectivity index (χ1v) is 11.6. The average Bonchev–Trinajstić information content (AvgIpc) is 2.83. The van der Waals surface area contributed by atoms with Crippen LogP contribution in [0.2, 0.25) is 0 Å². The van der Waals surface area contributed by atoms with Crippen molar-refractivity contribution in [3.8, 4) is 5.75 Å². The molecule has 9 heteroatoms. The van der Waals surface area contributed by atoms with E-state index in [1.165, 1.54) is 24.9 Å². The molecule has 0 saturated heterocycles. The smallest absolute Gasteiger partial charge is 0.311 e. The van der Waals surface area contributed by atoms with Gasteiger partial charge in [-0.15, -0.1) is 11.8 Å². The van der Waals surface area contributed by atoms with E-state index in [-0.39, 0.29) is 29.0 Å². The Bertz CT molecular complexity index is 1180. The summed E-state index contributed by atoms with van der Waals surface area (Å²) in [6.45, 7) is 2.38. The van der Waals surface area contributed by atoms with Crippen LogP contribution < -0.4 is 15.4 Å². The van der Waals surface area contributed by atoms with Crippen LogP contribution in [0.15, 0.2) is 66.7 Å². The van der Waals surface area contributed by atoms with Gasteiger partial charge in [-0.2, -0.15) is 0 Å². The average molecular weight is 480 g/mol. The Balaban J connectivity index is 1.55. The van der Waals surface area contributed by atoms with Crippen molar-refractivity contribution in [2.75, 3.05) is 18.2 Å². The van der Waals surface area contributed by atoms with Crippen molar-refractivity contribution in [1.82, 2.24) is 5.32 Å². The lowest BCUT2D eigenvalue weighted by Gasteiger charge is -2.12. The molecule has 0 aliphatic carbocycles. The third-order valence-corrected chi connectivity index (χ3v) is 5.97. The third kappa shape index (κ3) is 6.82. The summed E-state index contributed by atoms with van der Waals surface area (Å²) in [6.07, 6.45) is 0. The second-order valence-corrected chi connectivity index (χ2v) is 8.50. The molecule has 8 nitrogen and oxygen atoms in total. The number of nitro groups is 1. The van der Waals surface area contributed by atoms with Crippen molar-refractivity contribution in [2.45, 2.75) is 19.2 Å². The summed E-state index contributed by atoms with van der Waals surface area (Å²) < 4.78 is 5.00. The minimum absolute atomic E-state index is 0.115. The second kappa shape index (κ2) is 11.9. The van der Waals surface area contributed by atoms with Crippen LogP contribution in [-0.4, -0.2) is 29.6 Å². The first-order chi connectivity index (χ1) is 16.4. The highest BCUT2D eigenvalue weighted by Gasteiger charge is 2.16. The lowest BCUT2D eigenvalue weighted by atomic mass is 10.1. The molecule has 0 saturated carbocycles. The first-order valence-electron chi connectivity index (χ1n) is 10.5. The van der Waals surface area contributed by atoms with Gasteiger partial charge in [0.15, 0.2) is 5.75 Å². The van der Waals surface area contributed by atoms with E-state index in [2.05, 4.69) is 10.6 Å². The molecule has 0 aromatic heterocycles. The molecule has 34 heavy (non-hydrogen) atoms. The minimum atomic E-state index is -0.499. The highest BCUT2D eigenvalue weighted by molar-refractivity contribution is 7.99. The van der Waals surface area contributed by atoms with Gasteiger partial charge in [0.1, 0.15) is 0 Å². The van der Waals surface area contributed by atoms with Crippen molar-refractivity contribution in [2.24, 2.45) is 0 Å². The number of amides is 2. The third-order valence-electron chi connectivity index (χ3n) is 4.96. The Morgan fingerprint density at radius 3 is 2.44 bits per heavy atom. The van der Waals surface area contributed by atoms with E-state index in [1.807, 2.05) is 31.2 Å². The van der Waals surface area contributed by atoms with E-state index in [4.69, 9.17) is 4.74 Å². The molecule has 0 aliphatic rings. The number of hydrogen-bond acceptors (Lipinski definition) is 6. The Kier molecular flexibility index (Phi) is 8.64. The molecule has 2 amide bonds. The van der Waals surface area contributed by atoms with Gasteiger partial charge in [-0.05, 0) is 36.2 Å². The van der Waals surface area contributed by atoms with E-state index < -0.39 is 4.92 Å². The normalized spacial score (nSPS) is 10.4. The topological polar surface area (TPSA) is 111 Å². The van der Waals surface area contributed by atoms with Crippen LogP contribution in [0.25, 0.3) is 0 Å². The fourth-order valence-electron chi connectivity index (χ4n) is 3.19. The van der Waals surface area contributed by atoms with Crippen LogP contribution in [0.4, 0.5) is 11.4 Å². The van der Waals surface area contributed by atoms with Gasteiger partial charge in [0.25, 0.3) is 5.91 Å². The Labute approximate surface area is 201 Å². The zero-order valence-corrected chi connectivity index (χ0v) is 19.7. The highest BCUT2D eigenvalue weighted by atomic mass is 32.2. The van der Waals surface area contributed by atoms with Crippen LogP contribution >= 0.6 is 11.8 Å². The van der Waals surface area contributed by atoms with Gasteiger partial charge in [-0.1, -0.05) is 48.0 Å². The van der Waals surface area contributed by atoms with Crippen LogP contribution in [-0.2, 0) is 17.1 Å². The van der Waals surface area contributed by atoms with Crippen LogP contribution in [0.5, 0.6) is 5.75 Å². The number of ether oxygens (including phenoxy) is 1. The van der Waals surface area contributed by atoms with Crippen molar-refractivity contribution in [3.05, 3.63) is 99.1 Å². The fraction of sp³-hybridized carbons (Fsp3) is 0.200. The molecule has 0 fully saturated rings. The molecule has 3 rings (SSSR count). The van der Waals surface area contributed by atoms with Crippen molar-refractivity contribution in [1.29, 1.82) is 0 Å². The number of carbonyl (C=O) groups is 2. The Morgan fingerprint density at radius 2 is 1.74 bits per heavy atom. The molecule has 3 aromatic carbocycles. The number of aryl methyl sites for hydroxylation is 1. The van der Waals surface area contributed by atoms with Gasteiger partial charge in [-0.3, -0.25) is 19.7 Å².